The number of nitrogens with zero attached hydrogens (tertiary/aromatic N) is 3. The molecule has 0 radical (unpaired) electrons. The Balaban J connectivity index is 0.00000112. The smallest absolute Gasteiger partial charge is 0.224 e. The van der Waals surface area contributed by atoms with E-state index >= 15 is 0 Å². The van der Waals surface area contributed by atoms with Crippen LogP contribution in [0, 0.1) is 0 Å². The van der Waals surface area contributed by atoms with Crippen molar-refractivity contribution in [1.82, 2.24) is 15.3 Å². The molecule has 0 amide bonds. The van der Waals surface area contributed by atoms with Crippen molar-refractivity contribution < 1.29 is 0 Å². The zero-order valence-electron chi connectivity index (χ0n) is 8.89. The van der Waals surface area contributed by atoms with Crippen molar-refractivity contribution >= 4 is 42.2 Å². The van der Waals surface area contributed by atoms with Crippen LogP contribution in [0.2, 0.25) is 5.28 Å². The van der Waals surface area contributed by atoms with E-state index in [9.17, 15) is 0 Å². The highest BCUT2D eigenvalue weighted by Gasteiger charge is 2.19. The SMILES string of the molecule is CC1CNCCN1c1ccnc(Cl)n1.Cl.Cl. The zero-order valence-corrected chi connectivity index (χ0v) is 11.3. The maximum atomic E-state index is 5.75. The molecule has 1 saturated heterocycles. The first-order valence-corrected chi connectivity index (χ1v) is 5.11. The highest BCUT2D eigenvalue weighted by atomic mass is 35.5. The van der Waals surface area contributed by atoms with Crippen molar-refractivity contribution in [2.45, 2.75) is 13.0 Å². The van der Waals surface area contributed by atoms with Crippen LogP contribution >= 0.6 is 36.4 Å². The first kappa shape index (κ1) is 15.7. The average molecular weight is 286 g/mol. The molecule has 0 saturated carbocycles. The summed E-state index contributed by atoms with van der Waals surface area (Å²) < 4.78 is 0. The van der Waals surface area contributed by atoms with Crippen LogP contribution in [0.3, 0.4) is 0 Å². The van der Waals surface area contributed by atoms with Crippen molar-refractivity contribution in [1.29, 1.82) is 0 Å². The van der Waals surface area contributed by atoms with Gasteiger partial charge in [-0.3, -0.25) is 0 Å². The van der Waals surface area contributed by atoms with Gasteiger partial charge in [0.25, 0.3) is 0 Å². The second-order valence-electron chi connectivity index (χ2n) is 3.43. The Hall–Kier alpha value is -0.290. The molecule has 0 aromatic carbocycles. The maximum Gasteiger partial charge on any atom is 0.224 e. The van der Waals surface area contributed by atoms with Crippen LogP contribution in [0.25, 0.3) is 0 Å². The van der Waals surface area contributed by atoms with Crippen LogP contribution in [0.1, 0.15) is 6.92 Å². The molecule has 1 aliphatic heterocycles. The number of hydrogen-bond acceptors (Lipinski definition) is 4. The van der Waals surface area contributed by atoms with Crippen LogP contribution < -0.4 is 10.2 Å². The number of aromatic nitrogens is 2. The van der Waals surface area contributed by atoms with Crippen LogP contribution in [0.15, 0.2) is 12.3 Å². The highest BCUT2D eigenvalue weighted by molar-refractivity contribution is 6.28. The van der Waals surface area contributed by atoms with Gasteiger partial charge in [0.05, 0.1) is 0 Å². The molecule has 1 unspecified atom stereocenters. The van der Waals surface area contributed by atoms with E-state index in [1.807, 2.05) is 6.07 Å². The molecular weight excluding hydrogens is 270 g/mol. The number of halogens is 3. The van der Waals surface area contributed by atoms with Gasteiger partial charge in [0.15, 0.2) is 0 Å². The van der Waals surface area contributed by atoms with Gasteiger partial charge in [-0.2, -0.15) is 0 Å². The third kappa shape index (κ3) is 3.63. The van der Waals surface area contributed by atoms with Crippen LogP contribution in [-0.4, -0.2) is 35.6 Å². The molecule has 0 aliphatic carbocycles. The molecule has 2 rings (SSSR count). The van der Waals surface area contributed by atoms with Crippen molar-refractivity contribution in [2.75, 3.05) is 24.5 Å². The molecule has 1 aromatic rings. The Bertz CT molecular complexity index is 323. The molecule has 1 atom stereocenters. The number of anilines is 1. The van der Waals surface area contributed by atoms with Crippen molar-refractivity contribution in [3.63, 3.8) is 0 Å². The predicted octanol–water partition coefficient (Wildman–Crippen LogP) is 1.77. The van der Waals surface area contributed by atoms with Gasteiger partial charge >= 0.3 is 0 Å². The monoisotopic (exact) mass is 284 g/mol. The third-order valence-electron chi connectivity index (χ3n) is 2.41. The third-order valence-corrected chi connectivity index (χ3v) is 2.59. The average Bonchev–Trinajstić information content (AvgIpc) is 2.18. The van der Waals surface area contributed by atoms with Crippen molar-refractivity contribution in [3.8, 4) is 0 Å². The second kappa shape index (κ2) is 7.12. The van der Waals surface area contributed by atoms with E-state index in [4.69, 9.17) is 11.6 Å². The van der Waals surface area contributed by atoms with Crippen molar-refractivity contribution in [2.24, 2.45) is 0 Å². The molecule has 1 aromatic heterocycles. The normalized spacial score (nSPS) is 19.6. The number of piperazine rings is 1. The molecule has 2 heterocycles. The van der Waals surface area contributed by atoms with E-state index < -0.39 is 0 Å². The standard InChI is InChI=1S/C9H13ClN4.2ClH/c1-7-6-11-4-5-14(7)8-2-3-12-9(10)13-8;;/h2-3,7,11H,4-6H2,1H3;2*1H. The Kier molecular flexibility index (Phi) is 6.99. The fraction of sp³-hybridized carbons (Fsp3) is 0.556. The molecule has 16 heavy (non-hydrogen) atoms. The second-order valence-corrected chi connectivity index (χ2v) is 3.77. The summed E-state index contributed by atoms with van der Waals surface area (Å²) in [6.45, 7) is 5.12. The van der Waals surface area contributed by atoms with Crippen LogP contribution in [-0.2, 0) is 0 Å². The Morgan fingerprint density at radius 1 is 1.50 bits per heavy atom. The first-order chi connectivity index (χ1) is 6.77. The molecule has 1 fully saturated rings. The van der Waals surface area contributed by atoms with Gasteiger partial charge in [0.2, 0.25) is 5.28 Å². The largest absolute Gasteiger partial charge is 0.351 e. The first-order valence-electron chi connectivity index (χ1n) is 4.73. The minimum absolute atomic E-state index is 0. The lowest BCUT2D eigenvalue weighted by molar-refractivity contribution is 0.497. The van der Waals surface area contributed by atoms with Crippen LogP contribution in [0.4, 0.5) is 5.82 Å². The summed E-state index contributed by atoms with van der Waals surface area (Å²) in [5.74, 6) is 0.916. The summed E-state index contributed by atoms with van der Waals surface area (Å²) in [6.07, 6.45) is 1.69. The fourth-order valence-corrected chi connectivity index (χ4v) is 1.81. The lowest BCUT2D eigenvalue weighted by Gasteiger charge is -2.34. The predicted molar refractivity (Wildman–Crippen MR) is 71.2 cm³/mol. The van der Waals surface area contributed by atoms with E-state index in [2.05, 4.69) is 27.1 Å². The lowest BCUT2D eigenvalue weighted by atomic mass is 10.2. The van der Waals surface area contributed by atoms with E-state index in [1.54, 1.807) is 6.20 Å². The quantitative estimate of drug-likeness (QED) is 0.799. The molecule has 7 heteroatoms. The highest BCUT2D eigenvalue weighted by Crippen LogP contribution is 2.16. The van der Waals surface area contributed by atoms with Crippen molar-refractivity contribution in [3.05, 3.63) is 17.5 Å². The van der Waals surface area contributed by atoms with Gasteiger partial charge in [-0.05, 0) is 24.6 Å². The van der Waals surface area contributed by atoms with E-state index in [0.29, 0.717) is 11.3 Å². The minimum Gasteiger partial charge on any atom is -0.351 e. The van der Waals surface area contributed by atoms with Gasteiger partial charge in [-0.15, -0.1) is 24.8 Å². The van der Waals surface area contributed by atoms with Gasteiger partial charge in [-0.25, -0.2) is 9.97 Å². The molecule has 92 valence electrons. The number of nitrogens with one attached hydrogen (secondary N) is 1. The Labute approximate surface area is 113 Å². The Morgan fingerprint density at radius 3 is 2.88 bits per heavy atom. The van der Waals surface area contributed by atoms with Gasteiger partial charge < -0.3 is 10.2 Å². The van der Waals surface area contributed by atoms with Gasteiger partial charge in [-0.1, -0.05) is 0 Å². The van der Waals surface area contributed by atoms with E-state index in [0.717, 1.165) is 25.5 Å². The zero-order chi connectivity index (χ0) is 9.97. The molecule has 1 N–H and O–H groups in total. The molecule has 0 spiro atoms. The summed E-state index contributed by atoms with van der Waals surface area (Å²) in [7, 11) is 0. The van der Waals surface area contributed by atoms with E-state index in [1.165, 1.54) is 0 Å². The number of hydrogen-bond donors (Lipinski definition) is 1. The minimum atomic E-state index is 0. The van der Waals surface area contributed by atoms with E-state index in [-0.39, 0.29) is 24.8 Å². The molecule has 4 nitrogen and oxygen atoms in total. The number of rotatable bonds is 1. The maximum absolute atomic E-state index is 5.75. The topological polar surface area (TPSA) is 41.0 Å². The lowest BCUT2D eigenvalue weighted by Crippen LogP contribution is -2.50. The molecule has 0 bridgehead atoms. The van der Waals surface area contributed by atoms with Crippen LogP contribution in [0.5, 0.6) is 0 Å². The summed E-state index contributed by atoms with van der Waals surface area (Å²) >= 11 is 5.75. The summed E-state index contributed by atoms with van der Waals surface area (Å²) in [5, 5.41) is 3.64. The van der Waals surface area contributed by atoms with Gasteiger partial charge in [0, 0.05) is 31.9 Å². The summed E-state index contributed by atoms with van der Waals surface area (Å²) in [6, 6.07) is 2.35. The van der Waals surface area contributed by atoms with Gasteiger partial charge in [0.1, 0.15) is 5.82 Å². The molecule has 1 aliphatic rings. The Morgan fingerprint density at radius 2 is 2.25 bits per heavy atom. The summed E-state index contributed by atoms with van der Waals surface area (Å²) in [4.78, 5) is 10.3. The molecular formula is C9H15Cl3N4. The summed E-state index contributed by atoms with van der Waals surface area (Å²) in [5.41, 5.74) is 0. The fourth-order valence-electron chi connectivity index (χ4n) is 1.67.